The standard InChI is InChI=1S/C11H16N2O2/c1-6-7(5-13(4)12-6)8-9(10(14)15)11(8,2)3/h5,8-9H,1-4H3,(H,14,15)/t8-,9+/m0/s1. The molecule has 1 aromatic rings. The highest BCUT2D eigenvalue weighted by Crippen LogP contribution is 2.64. The van der Waals surface area contributed by atoms with Crippen molar-refractivity contribution in [2.45, 2.75) is 26.7 Å². The van der Waals surface area contributed by atoms with Crippen LogP contribution in [0.3, 0.4) is 0 Å². The number of aromatic nitrogens is 2. The summed E-state index contributed by atoms with van der Waals surface area (Å²) in [6.45, 7) is 5.94. The maximum absolute atomic E-state index is 11.1. The zero-order chi connectivity index (χ0) is 11.4. The summed E-state index contributed by atoms with van der Waals surface area (Å²) >= 11 is 0. The van der Waals surface area contributed by atoms with E-state index in [9.17, 15) is 4.79 Å². The lowest BCUT2D eigenvalue weighted by Crippen LogP contribution is -2.03. The van der Waals surface area contributed by atoms with Gasteiger partial charge in [-0.05, 0) is 17.9 Å². The molecule has 0 bridgehead atoms. The molecule has 1 aromatic heterocycles. The first-order valence-electron chi connectivity index (χ1n) is 5.08. The van der Waals surface area contributed by atoms with Gasteiger partial charge in [0.2, 0.25) is 0 Å². The Bertz CT molecular complexity index is 420. The van der Waals surface area contributed by atoms with E-state index >= 15 is 0 Å². The van der Waals surface area contributed by atoms with Crippen molar-refractivity contribution in [3.63, 3.8) is 0 Å². The molecule has 4 nitrogen and oxygen atoms in total. The van der Waals surface area contributed by atoms with Crippen LogP contribution in [0.1, 0.15) is 31.0 Å². The van der Waals surface area contributed by atoms with Crippen LogP contribution in [-0.2, 0) is 11.8 Å². The van der Waals surface area contributed by atoms with Crippen LogP contribution in [0, 0.1) is 18.3 Å². The second-order valence-electron chi connectivity index (χ2n) is 4.96. The first-order chi connectivity index (χ1) is 6.85. The van der Waals surface area contributed by atoms with Gasteiger partial charge in [-0.3, -0.25) is 9.48 Å². The fourth-order valence-corrected chi connectivity index (χ4v) is 2.60. The van der Waals surface area contributed by atoms with E-state index in [-0.39, 0.29) is 17.3 Å². The second-order valence-corrected chi connectivity index (χ2v) is 4.96. The number of carboxylic acid groups (broad SMARTS) is 1. The molecule has 0 spiro atoms. The van der Waals surface area contributed by atoms with Gasteiger partial charge in [0.05, 0.1) is 11.6 Å². The predicted molar refractivity (Wildman–Crippen MR) is 55.6 cm³/mol. The Morgan fingerprint density at radius 1 is 1.60 bits per heavy atom. The molecular formula is C11H16N2O2. The van der Waals surface area contributed by atoms with Crippen LogP contribution < -0.4 is 0 Å². The zero-order valence-electron chi connectivity index (χ0n) is 9.48. The molecular weight excluding hydrogens is 192 g/mol. The second kappa shape index (κ2) is 2.84. The van der Waals surface area contributed by atoms with E-state index in [0.29, 0.717) is 0 Å². The molecule has 1 aliphatic carbocycles. The fourth-order valence-electron chi connectivity index (χ4n) is 2.60. The Labute approximate surface area is 88.9 Å². The van der Waals surface area contributed by atoms with Crippen molar-refractivity contribution in [3.8, 4) is 0 Å². The van der Waals surface area contributed by atoms with Crippen LogP contribution >= 0.6 is 0 Å². The number of aryl methyl sites for hydroxylation is 2. The van der Waals surface area contributed by atoms with Crippen LogP contribution in [0.5, 0.6) is 0 Å². The Morgan fingerprint density at radius 3 is 2.53 bits per heavy atom. The maximum atomic E-state index is 11.1. The van der Waals surface area contributed by atoms with Gasteiger partial charge in [-0.1, -0.05) is 13.8 Å². The fraction of sp³-hybridized carbons (Fsp3) is 0.636. The lowest BCUT2D eigenvalue weighted by molar-refractivity contribution is -0.139. The monoisotopic (exact) mass is 208 g/mol. The van der Waals surface area contributed by atoms with Crippen LogP contribution in [0.4, 0.5) is 0 Å². The molecule has 1 N–H and O–H groups in total. The minimum absolute atomic E-state index is 0.115. The molecule has 0 unspecified atom stereocenters. The van der Waals surface area contributed by atoms with E-state index in [2.05, 4.69) is 5.10 Å². The van der Waals surface area contributed by atoms with Gasteiger partial charge >= 0.3 is 5.97 Å². The van der Waals surface area contributed by atoms with Crippen molar-refractivity contribution >= 4 is 5.97 Å². The van der Waals surface area contributed by atoms with Crippen LogP contribution in [-0.4, -0.2) is 20.9 Å². The molecule has 2 atom stereocenters. The van der Waals surface area contributed by atoms with E-state index in [1.807, 2.05) is 34.0 Å². The van der Waals surface area contributed by atoms with Crippen LogP contribution in [0.15, 0.2) is 6.20 Å². The van der Waals surface area contributed by atoms with E-state index < -0.39 is 5.97 Å². The molecule has 15 heavy (non-hydrogen) atoms. The molecule has 1 aliphatic rings. The van der Waals surface area contributed by atoms with Gasteiger partial charge in [-0.2, -0.15) is 5.10 Å². The summed E-state index contributed by atoms with van der Waals surface area (Å²) in [6, 6.07) is 0. The molecule has 1 saturated carbocycles. The van der Waals surface area contributed by atoms with Crippen LogP contribution in [0.2, 0.25) is 0 Å². The third kappa shape index (κ3) is 1.35. The molecule has 2 rings (SSSR count). The van der Waals surface area contributed by atoms with Crippen molar-refractivity contribution in [2.24, 2.45) is 18.4 Å². The van der Waals surface area contributed by atoms with Gasteiger partial charge in [0, 0.05) is 19.2 Å². The SMILES string of the molecule is Cc1nn(C)cc1[C@H]1[C@H](C(=O)O)C1(C)C. The highest BCUT2D eigenvalue weighted by atomic mass is 16.4. The third-order valence-electron chi connectivity index (χ3n) is 3.48. The smallest absolute Gasteiger partial charge is 0.307 e. The topological polar surface area (TPSA) is 55.1 Å². The molecule has 82 valence electrons. The Hall–Kier alpha value is -1.32. The van der Waals surface area contributed by atoms with E-state index in [0.717, 1.165) is 11.3 Å². The summed E-state index contributed by atoms with van der Waals surface area (Å²) in [5.74, 6) is -0.850. The molecule has 0 radical (unpaired) electrons. The largest absolute Gasteiger partial charge is 0.481 e. The molecule has 0 saturated heterocycles. The summed E-state index contributed by atoms with van der Waals surface area (Å²) in [7, 11) is 1.86. The Balaban J connectivity index is 2.35. The highest BCUT2D eigenvalue weighted by molar-refractivity contribution is 5.77. The summed E-state index contributed by atoms with van der Waals surface area (Å²) in [5, 5.41) is 13.3. The minimum Gasteiger partial charge on any atom is -0.481 e. The summed E-state index contributed by atoms with van der Waals surface area (Å²) in [6.07, 6.45) is 1.94. The molecule has 1 heterocycles. The van der Waals surface area contributed by atoms with Gasteiger partial charge in [0.1, 0.15) is 0 Å². The minimum atomic E-state index is -0.701. The van der Waals surface area contributed by atoms with E-state index in [4.69, 9.17) is 5.11 Å². The molecule has 0 aliphatic heterocycles. The van der Waals surface area contributed by atoms with Gasteiger partial charge in [-0.15, -0.1) is 0 Å². The maximum Gasteiger partial charge on any atom is 0.307 e. The summed E-state index contributed by atoms with van der Waals surface area (Å²) < 4.78 is 1.75. The number of rotatable bonds is 2. The number of carboxylic acids is 1. The molecule has 4 heteroatoms. The van der Waals surface area contributed by atoms with Crippen molar-refractivity contribution in [1.29, 1.82) is 0 Å². The number of hydrogen-bond donors (Lipinski definition) is 1. The van der Waals surface area contributed by atoms with Crippen LogP contribution in [0.25, 0.3) is 0 Å². The summed E-state index contributed by atoms with van der Waals surface area (Å²) in [5.41, 5.74) is 1.88. The van der Waals surface area contributed by atoms with Crippen molar-refractivity contribution in [1.82, 2.24) is 9.78 Å². The lowest BCUT2D eigenvalue weighted by atomic mass is 10.0. The molecule has 1 fully saturated rings. The average Bonchev–Trinajstić information content (AvgIpc) is 2.48. The first-order valence-corrected chi connectivity index (χ1v) is 5.08. The van der Waals surface area contributed by atoms with E-state index in [1.54, 1.807) is 4.68 Å². The average molecular weight is 208 g/mol. The van der Waals surface area contributed by atoms with Crippen molar-refractivity contribution in [2.75, 3.05) is 0 Å². The normalized spacial score (nSPS) is 27.7. The van der Waals surface area contributed by atoms with Crippen molar-refractivity contribution < 1.29 is 9.90 Å². The predicted octanol–water partition coefficient (Wildman–Crippen LogP) is 1.55. The number of hydrogen-bond acceptors (Lipinski definition) is 2. The van der Waals surface area contributed by atoms with Gasteiger partial charge in [0.25, 0.3) is 0 Å². The quantitative estimate of drug-likeness (QED) is 0.802. The number of nitrogens with zero attached hydrogens (tertiary/aromatic N) is 2. The number of aliphatic carboxylic acids is 1. The first kappa shape index (κ1) is 10.2. The number of carbonyl (C=O) groups is 1. The third-order valence-corrected chi connectivity index (χ3v) is 3.48. The lowest BCUT2D eigenvalue weighted by Gasteiger charge is -1.99. The Kier molecular flexibility index (Phi) is 1.93. The van der Waals surface area contributed by atoms with Crippen molar-refractivity contribution in [3.05, 3.63) is 17.5 Å². The highest BCUT2D eigenvalue weighted by Gasteiger charge is 2.63. The molecule has 0 amide bonds. The van der Waals surface area contributed by atoms with Gasteiger partial charge in [0.15, 0.2) is 0 Å². The summed E-state index contributed by atoms with van der Waals surface area (Å²) in [4.78, 5) is 11.1. The Morgan fingerprint density at radius 2 is 2.20 bits per heavy atom. The zero-order valence-corrected chi connectivity index (χ0v) is 9.48. The van der Waals surface area contributed by atoms with E-state index in [1.165, 1.54) is 0 Å². The molecule has 0 aromatic carbocycles. The van der Waals surface area contributed by atoms with Gasteiger partial charge in [-0.25, -0.2) is 0 Å². The van der Waals surface area contributed by atoms with Gasteiger partial charge < -0.3 is 5.11 Å².